The molecule has 3 rings (SSSR count). The van der Waals surface area contributed by atoms with Gasteiger partial charge in [-0.25, -0.2) is 0 Å². The van der Waals surface area contributed by atoms with Gasteiger partial charge in [-0.15, -0.1) is 0 Å². The normalized spacial score (nSPS) is 37.4. The van der Waals surface area contributed by atoms with E-state index in [4.69, 9.17) is 16.6 Å². The first kappa shape index (κ1) is 23.1. The largest absolute Gasteiger partial charge is 0.481 e. The number of carboxylic acid groups (broad SMARTS) is 1. The highest BCUT2D eigenvalue weighted by Gasteiger charge is 2.61. The molecule has 0 aromatic heterocycles. The van der Waals surface area contributed by atoms with E-state index in [1.807, 2.05) is 0 Å². The second-order valence-electron chi connectivity index (χ2n) is 10.6. The predicted molar refractivity (Wildman–Crippen MR) is 120 cm³/mol. The van der Waals surface area contributed by atoms with Gasteiger partial charge < -0.3 is 16.6 Å². The zero-order valence-corrected chi connectivity index (χ0v) is 18.6. The summed E-state index contributed by atoms with van der Waals surface area (Å²) in [5, 5.41) is 8.69. The fourth-order valence-corrected chi connectivity index (χ4v) is 6.94. The lowest BCUT2D eigenvalue weighted by Crippen LogP contribution is -2.38. The van der Waals surface area contributed by atoms with Gasteiger partial charge in [0.05, 0.1) is 0 Å². The van der Waals surface area contributed by atoms with Gasteiger partial charge in [-0.2, -0.15) is 0 Å². The van der Waals surface area contributed by atoms with Gasteiger partial charge in [-0.05, 0) is 93.8 Å². The molecule has 168 valence electrons. The van der Waals surface area contributed by atoms with E-state index in [0.29, 0.717) is 23.9 Å². The zero-order chi connectivity index (χ0) is 20.7. The Labute approximate surface area is 178 Å². The third-order valence-corrected chi connectivity index (χ3v) is 8.71. The van der Waals surface area contributed by atoms with Crippen LogP contribution < -0.4 is 11.5 Å². The quantitative estimate of drug-likeness (QED) is 0.367. The fraction of sp³-hybridized carbons (Fsp3) is 0.960. The van der Waals surface area contributed by atoms with Crippen LogP contribution in [-0.4, -0.2) is 23.2 Å². The van der Waals surface area contributed by atoms with Crippen LogP contribution in [0.15, 0.2) is 0 Å². The molecule has 0 aromatic carbocycles. The second kappa shape index (κ2) is 11.1. The van der Waals surface area contributed by atoms with Crippen LogP contribution in [-0.2, 0) is 4.79 Å². The summed E-state index contributed by atoms with van der Waals surface area (Å²) in [5.74, 6) is 2.18. The van der Waals surface area contributed by atoms with Crippen LogP contribution in [0, 0.1) is 23.2 Å². The molecule has 0 saturated heterocycles. The molecule has 0 spiro atoms. The van der Waals surface area contributed by atoms with Crippen LogP contribution >= 0.6 is 0 Å². The molecule has 0 aromatic rings. The summed E-state index contributed by atoms with van der Waals surface area (Å²) in [6, 6.07) is 0.909. The number of carboxylic acids is 1. The van der Waals surface area contributed by atoms with Gasteiger partial charge in [0.1, 0.15) is 0 Å². The number of rotatable bonds is 12. The molecule has 5 N–H and O–H groups in total. The molecule has 0 aliphatic heterocycles. The van der Waals surface area contributed by atoms with Gasteiger partial charge >= 0.3 is 5.97 Å². The van der Waals surface area contributed by atoms with Crippen LogP contribution in [0.3, 0.4) is 0 Å². The fourth-order valence-electron chi connectivity index (χ4n) is 6.94. The Morgan fingerprint density at radius 1 is 0.724 bits per heavy atom. The minimum atomic E-state index is -0.655. The summed E-state index contributed by atoms with van der Waals surface area (Å²) in [4.78, 5) is 10.5. The molecule has 1 atom stereocenters. The Morgan fingerprint density at radius 2 is 1.17 bits per heavy atom. The highest BCUT2D eigenvalue weighted by Crippen LogP contribution is 2.69. The lowest BCUT2D eigenvalue weighted by Gasteiger charge is -2.42. The van der Waals surface area contributed by atoms with Crippen molar-refractivity contribution in [1.29, 1.82) is 0 Å². The van der Waals surface area contributed by atoms with Crippen LogP contribution in [0.2, 0.25) is 0 Å². The van der Waals surface area contributed by atoms with Gasteiger partial charge in [0.2, 0.25) is 0 Å². The van der Waals surface area contributed by atoms with Gasteiger partial charge in [0.25, 0.3) is 0 Å². The van der Waals surface area contributed by atoms with E-state index in [1.54, 1.807) is 0 Å². The summed E-state index contributed by atoms with van der Waals surface area (Å²) in [7, 11) is 0. The van der Waals surface area contributed by atoms with Crippen LogP contribution in [0.5, 0.6) is 0 Å². The van der Waals surface area contributed by atoms with Crippen molar-refractivity contribution in [3.05, 3.63) is 0 Å². The Morgan fingerprint density at radius 3 is 1.66 bits per heavy atom. The first-order valence-electron chi connectivity index (χ1n) is 12.8. The maximum Gasteiger partial charge on any atom is 0.303 e. The molecular weight excluding hydrogens is 360 g/mol. The van der Waals surface area contributed by atoms with E-state index in [2.05, 4.69) is 0 Å². The Bertz CT molecular complexity index is 471. The SMILES string of the molecule is NC1CCC(C2(C3CCC(N)CC3)CC2CCCCCCCCCC(=O)O)CC1. The number of nitrogens with two attached hydrogens (primary N) is 2. The van der Waals surface area contributed by atoms with E-state index in [-0.39, 0.29) is 0 Å². The predicted octanol–water partition coefficient (Wildman–Crippen LogP) is 5.62. The minimum Gasteiger partial charge on any atom is -0.481 e. The maximum atomic E-state index is 10.5. The lowest BCUT2D eigenvalue weighted by molar-refractivity contribution is -0.137. The van der Waals surface area contributed by atoms with Gasteiger partial charge in [-0.1, -0.05) is 38.5 Å². The molecule has 0 radical (unpaired) electrons. The Hall–Kier alpha value is -0.610. The van der Waals surface area contributed by atoms with Crippen molar-refractivity contribution in [3.8, 4) is 0 Å². The molecule has 0 bridgehead atoms. The molecule has 3 aliphatic carbocycles. The Kier molecular flexibility index (Phi) is 8.85. The van der Waals surface area contributed by atoms with E-state index in [9.17, 15) is 4.79 Å². The van der Waals surface area contributed by atoms with E-state index in [1.165, 1.54) is 96.3 Å². The first-order valence-corrected chi connectivity index (χ1v) is 12.8. The van der Waals surface area contributed by atoms with Crippen molar-refractivity contribution in [2.75, 3.05) is 0 Å². The molecule has 3 saturated carbocycles. The third-order valence-electron chi connectivity index (χ3n) is 8.71. The van der Waals surface area contributed by atoms with E-state index < -0.39 is 5.97 Å². The van der Waals surface area contributed by atoms with E-state index >= 15 is 0 Å². The zero-order valence-electron chi connectivity index (χ0n) is 18.6. The van der Waals surface area contributed by atoms with Crippen molar-refractivity contribution in [3.63, 3.8) is 0 Å². The Balaban J connectivity index is 1.38. The molecule has 4 heteroatoms. The topological polar surface area (TPSA) is 89.3 Å². The second-order valence-corrected chi connectivity index (χ2v) is 10.6. The number of hydrogen-bond acceptors (Lipinski definition) is 3. The molecule has 3 fully saturated rings. The van der Waals surface area contributed by atoms with Gasteiger partial charge in [0, 0.05) is 18.5 Å². The number of hydrogen-bond donors (Lipinski definition) is 3. The maximum absolute atomic E-state index is 10.5. The number of carbonyl (C=O) groups is 1. The monoisotopic (exact) mass is 406 g/mol. The molecule has 4 nitrogen and oxygen atoms in total. The highest BCUT2D eigenvalue weighted by molar-refractivity contribution is 5.66. The van der Waals surface area contributed by atoms with E-state index in [0.717, 1.165) is 30.6 Å². The van der Waals surface area contributed by atoms with Crippen molar-refractivity contribution in [2.24, 2.45) is 34.6 Å². The average Bonchev–Trinajstić information content (AvgIpc) is 3.43. The van der Waals surface area contributed by atoms with Crippen LogP contribution in [0.4, 0.5) is 0 Å². The van der Waals surface area contributed by atoms with Crippen molar-refractivity contribution >= 4 is 5.97 Å². The average molecular weight is 407 g/mol. The highest BCUT2D eigenvalue weighted by atomic mass is 16.4. The summed E-state index contributed by atoms with van der Waals surface area (Å²) < 4.78 is 0. The minimum absolute atomic E-state index is 0.335. The summed E-state index contributed by atoms with van der Waals surface area (Å²) in [5.41, 5.74) is 13.1. The third kappa shape index (κ3) is 6.43. The molecular formula is C25H46N2O2. The van der Waals surface area contributed by atoms with Crippen LogP contribution in [0.1, 0.15) is 116 Å². The summed E-state index contributed by atoms with van der Waals surface area (Å²) >= 11 is 0. The molecule has 1 unspecified atom stereocenters. The standard InChI is InChI=1S/C25H46N2O2/c26-22-14-10-19(11-15-22)25(20-12-16-23(27)17-13-20)18-21(25)8-6-4-2-1-3-5-7-9-24(28)29/h19-23H,1-18,26-27H2,(H,28,29). The first-order chi connectivity index (χ1) is 14.0. The summed E-state index contributed by atoms with van der Waals surface area (Å²) in [6.07, 6.45) is 22.2. The molecule has 29 heavy (non-hydrogen) atoms. The van der Waals surface area contributed by atoms with Gasteiger partial charge in [0.15, 0.2) is 0 Å². The lowest BCUT2D eigenvalue weighted by atomic mass is 9.64. The number of aliphatic carboxylic acids is 1. The molecule has 0 heterocycles. The van der Waals surface area contributed by atoms with Crippen molar-refractivity contribution in [1.82, 2.24) is 0 Å². The van der Waals surface area contributed by atoms with Crippen molar-refractivity contribution in [2.45, 2.75) is 128 Å². The van der Waals surface area contributed by atoms with Gasteiger partial charge in [-0.3, -0.25) is 4.79 Å². The molecule has 0 amide bonds. The van der Waals surface area contributed by atoms with Crippen LogP contribution in [0.25, 0.3) is 0 Å². The smallest absolute Gasteiger partial charge is 0.303 e. The summed E-state index contributed by atoms with van der Waals surface area (Å²) in [6.45, 7) is 0. The van der Waals surface area contributed by atoms with Crippen molar-refractivity contribution < 1.29 is 9.90 Å². The number of unbranched alkanes of at least 4 members (excludes halogenated alkanes) is 6. The molecule has 3 aliphatic rings.